The number of hydrogen-bond donors (Lipinski definition) is 0. The van der Waals surface area contributed by atoms with Gasteiger partial charge in [-0.15, -0.1) is 0 Å². The highest BCUT2D eigenvalue weighted by Gasteiger charge is 2.01. The second-order valence-electron chi connectivity index (χ2n) is 2.63. The van der Waals surface area contributed by atoms with Crippen LogP contribution in [-0.4, -0.2) is 22.7 Å². The molecule has 0 atom stereocenters. The quantitative estimate of drug-likeness (QED) is 0.433. The first-order valence-electron chi connectivity index (χ1n) is 4.54. The Bertz CT molecular complexity index is 74.5. The van der Waals surface area contributed by atoms with Crippen LogP contribution >= 0.6 is 0 Å². The Hall–Kier alpha value is 0.137. The third kappa shape index (κ3) is 6.53. The molecule has 0 radical (unpaired) electrons. The average molecular weight is 176 g/mol. The van der Waals surface area contributed by atoms with Crippen molar-refractivity contribution in [2.24, 2.45) is 0 Å². The highest BCUT2D eigenvalue weighted by molar-refractivity contribution is 6.18. The summed E-state index contributed by atoms with van der Waals surface area (Å²) in [6.07, 6.45) is 3.76. The van der Waals surface area contributed by atoms with Crippen molar-refractivity contribution in [3.8, 4) is 0 Å². The van der Waals surface area contributed by atoms with Crippen molar-refractivity contribution in [2.45, 2.75) is 46.1 Å². The second-order valence-corrected chi connectivity index (χ2v) is 3.61. The zero-order valence-electron chi connectivity index (χ0n) is 7.93. The van der Waals surface area contributed by atoms with E-state index in [1.54, 1.807) is 0 Å². The maximum atomic E-state index is 5.56. The maximum absolute atomic E-state index is 5.56. The van der Waals surface area contributed by atoms with Crippen LogP contribution in [0.5, 0.6) is 0 Å². The van der Waals surface area contributed by atoms with Crippen LogP contribution in [0.1, 0.15) is 40.0 Å². The van der Waals surface area contributed by atoms with Crippen molar-refractivity contribution < 1.29 is 8.85 Å². The second kappa shape index (κ2) is 8.24. The van der Waals surface area contributed by atoms with Crippen LogP contribution in [0, 0.1) is 0 Å². The smallest absolute Gasteiger partial charge is 0.304 e. The van der Waals surface area contributed by atoms with Gasteiger partial charge in [-0.05, 0) is 19.3 Å². The normalized spacial score (nSPS) is 12.0. The maximum Gasteiger partial charge on any atom is 0.304 e. The van der Waals surface area contributed by atoms with E-state index < -0.39 is 10.0 Å². The molecule has 11 heavy (non-hydrogen) atoms. The Balaban J connectivity index is 3.07. The largest absolute Gasteiger partial charge is 0.399 e. The van der Waals surface area contributed by atoms with Crippen LogP contribution in [0.4, 0.5) is 0 Å². The first-order valence-corrected chi connectivity index (χ1v) is 5.69. The van der Waals surface area contributed by atoms with Crippen molar-refractivity contribution in [3.63, 3.8) is 0 Å². The van der Waals surface area contributed by atoms with Gasteiger partial charge >= 0.3 is 10.0 Å². The highest BCUT2D eigenvalue weighted by Crippen LogP contribution is 2.00. The lowest BCUT2D eigenvalue weighted by Crippen LogP contribution is -2.16. The van der Waals surface area contributed by atoms with Crippen LogP contribution in [0.2, 0.25) is 0 Å². The summed E-state index contributed by atoms with van der Waals surface area (Å²) < 4.78 is 10.9. The Labute approximate surface area is 72.3 Å². The Morgan fingerprint density at radius 1 is 1.18 bits per heavy atom. The fourth-order valence-corrected chi connectivity index (χ4v) is 2.04. The molecule has 68 valence electrons. The third-order valence-corrected chi connectivity index (χ3v) is 2.71. The van der Waals surface area contributed by atoms with Crippen molar-refractivity contribution >= 4 is 10.0 Å². The summed E-state index contributed by atoms with van der Waals surface area (Å²) >= 11 is 0. The monoisotopic (exact) mass is 176 g/mol. The average Bonchev–Trinajstić information content (AvgIpc) is 2.05. The predicted molar refractivity (Wildman–Crippen MR) is 50.2 cm³/mol. The zero-order valence-corrected chi connectivity index (χ0v) is 9.34. The fourth-order valence-electron chi connectivity index (χ4n) is 0.872. The van der Waals surface area contributed by atoms with E-state index in [-0.39, 0.29) is 0 Å². The molecule has 3 heteroatoms. The van der Waals surface area contributed by atoms with Gasteiger partial charge in [-0.2, -0.15) is 0 Å². The molecule has 0 aromatic rings. The van der Waals surface area contributed by atoms with E-state index in [0.717, 1.165) is 25.9 Å². The molecule has 0 fully saturated rings. The van der Waals surface area contributed by atoms with E-state index >= 15 is 0 Å². The van der Waals surface area contributed by atoms with E-state index in [0.29, 0.717) is 6.10 Å². The van der Waals surface area contributed by atoms with Gasteiger partial charge in [-0.1, -0.05) is 20.8 Å². The van der Waals surface area contributed by atoms with Gasteiger partial charge in [0.2, 0.25) is 0 Å². The molecule has 0 unspecified atom stereocenters. The van der Waals surface area contributed by atoms with Crippen molar-refractivity contribution in [1.29, 1.82) is 0 Å². The zero-order chi connectivity index (χ0) is 8.53. The molecule has 0 aliphatic carbocycles. The van der Waals surface area contributed by atoms with Crippen LogP contribution in [0.15, 0.2) is 0 Å². The predicted octanol–water partition coefficient (Wildman–Crippen LogP) is 1.62. The Morgan fingerprint density at radius 2 is 1.82 bits per heavy atom. The summed E-state index contributed by atoms with van der Waals surface area (Å²) in [7, 11) is -0.669. The van der Waals surface area contributed by atoms with Crippen molar-refractivity contribution in [1.82, 2.24) is 0 Å². The molecule has 0 bridgehead atoms. The van der Waals surface area contributed by atoms with Gasteiger partial charge in [-0.3, -0.25) is 0 Å². The molecule has 0 aromatic carbocycles. The molecule has 0 N–H and O–H groups in total. The van der Waals surface area contributed by atoms with Gasteiger partial charge in [0.25, 0.3) is 0 Å². The minimum absolute atomic E-state index is 0.443. The summed E-state index contributed by atoms with van der Waals surface area (Å²) in [6.45, 7) is 7.29. The van der Waals surface area contributed by atoms with Crippen LogP contribution in [-0.2, 0) is 8.85 Å². The summed E-state index contributed by atoms with van der Waals surface area (Å²) in [5, 5.41) is 0. The highest BCUT2D eigenvalue weighted by atomic mass is 28.3. The van der Waals surface area contributed by atoms with E-state index in [4.69, 9.17) is 8.85 Å². The molecule has 2 nitrogen and oxygen atoms in total. The SMILES string of the molecule is CCCO[SiH2]OC(CC)CC. The molecule has 0 aliphatic heterocycles. The Kier molecular flexibility index (Phi) is 8.34. The van der Waals surface area contributed by atoms with E-state index in [9.17, 15) is 0 Å². The first kappa shape index (κ1) is 11.1. The van der Waals surface area contributed by atoms with E-state index in [1.807, 2.05) is 0 Å². The molecule has 0 amide bonds. The lowest BCUT2D eigenvalue weighted by atomic mass is 10.2. The topological polar surface area (TPSA) is 18.5 Å². The van der Waals surface area contributed by atoms with Crippen LogP contribution < -0.4 is 0 Å². The van der Waals surface area contributed by atoms with Crippen molar-refractivity contribution in [3.05, 3.63) is 0 Å². The molecule has 0 saturated heterocycles. The van der Waals surface area contributed by atoms with Crippen molar-refractivity contribution in [2.75, 3.05) is 6.61 Å². The number of rotatable bonds is 7. The summed E-state index contributed by atoms with van der Waals surface area (Å²) in [4.78, 5) is 0. The van der Waals surface area contributed by atoms with E-state index in [1.165, 1.54) is 0 Å². The molecule has 0 heterocycles. The fraction of sp³-hybridized carbons (Fsp3) is 1.00. The third-order valence-electron chi connectivity index (χ3n) is 1.65. The Morgan fingerprint density at radius 3 is 2.27 bits per heavy atom. The molecule has 0 spiro atoms. The molecule has 0 rings (SSSR count). The molecular formula is C8H20O2Si. The first-order chi connectivity index (χ1) is 5.35. The summed E-state index contributed by atoms with van der Waals surface area (Å²) in [5.41, 5.74) is 0. The standard InChI is InChI=1S/C8H20O2Si/c1-4-7-9-11-10-8(5-2)6-3/h8H,4-7,11H2,1-3H3. The van der Waals surface area contributed by atoms with Gasteiger partial charge in [0.15, 0.2) is 0 Å². The molecule has 0 aromatic heterocycles. The van der Waals surface area contributed by atoms with E-state index in [2.05, 4.69) is 20.8 Å². The van der Waals surface area contributed by atoms with Gasteiger partial charge in [0.1, 0.15) is 0 Å². The van der Waals surface area contributed by atoms with Gasteiger partial charge in [0, 0.05) is 12.7 Å². The number of hydrogen-bond acceptors (Lipinski definition) is 2. The molecule has 0 aliphatic rings. The molecular weight excluding hydrogens is 156 g/mol. The summed E-state index contributed by atoms with van der Waals surface area (Å²) in [5.74, 6) is 0. The minimum atomic E-state index is -0.669. The van der Waals surface area contributed by atoms with Crippen LogP contribution in [0.25, 0.3) is 0 Å². The lowest BCUT2D eigenvalue weighted by molar-refractivity contribution is 0.148. The summed E-state index contributed by atoms with van der Waals surface area (Å²) in [6, 6.07) is 0. The lowest BCUT2D eigenvalue weighted by Gasteiger charge is -2.13. The van der Waals surface area contributed by atoms with Crippen LogP contribution in [0.3, 0.4) is 0 Å². The molecule has 0 saturated carbocycles. The van der Waals surface area contributed by atoms with Gasteiger partial charge in [0.05, 0.1) is 0 Å². The minimum Gasteiger partial charge on any atom is -0.399 e. The van der Waals surface area contributed by atoms with Gasteiger partial charge < -0.3 is 8.85 Å². The van der Waals surface area contributed by atoms with Gasteiger partial charge in [-0.25, -0.2) is 0 Å².